The highest BCUT2D eigenvalue weighted by Crippen LogP contribution is 2.31. The van der Waals surface area contributed by atoms with Gasteiger partial charge in [0.2, 0.25) is 5.91 Å². The number of esters is 3. The topological polar surface area (TPSA) is 176 Å². The SMILES string of the molecule is CC(C)(C)OC(=O)CC[C@@H](CO)NC(=O)c1cccc(CNC(=O)C2=C[C@H]3OCO[C@H]3[C@H](OC(=O)c3ccccc3C=CC(=O)OCC(F)(F)F)C2)c1. The van der Waals surface area contributed by atoms with Crippen LogP contribution in [0.15, 0.2) is 66.3 Å². The molecule has 2 aliphatic rings. The molecule has 53 heavy (non-hydrogen) atoms. The highest BCUT2D eigenvalue weighted by molar-refractivity contribution is 5.97. The third-order valence-corrected chi connectivity index (χ3v) is 7.82. The maximum absolute atomic E-state index is 13.3. The maximum atomic E-state index is 13.3. The second-order valence-corrected chi connectivity index (χ2v) is 13.2. The van der Waals surface area contributed by atoms with E-state index in [0.29, 0.717) is 5.56 Å². The quantitative estimate of drug-likeness (QED) is 0.145. The summed E-state index contributed by atoms with van der Waals surface area (Å²) < 4.78 is 63.5. The first-order valence-corrected chi connectivity index (χ1v) is 16.7. The van der Waals surface area contributed by atoms with E-state index in [1.807, 2.05) is 0 Å². The molecule has 0 saturated carbocycles. The van der Waals surface area contributed by atoms with Crippen LogP contribution in [0, 0.1) is 0 Å². The Kier molecular flexibility index (Phi) is 13.9. The van der Waals surface area contributed by atoms with Crippen LogP contribution in [0.3, 0.4) is 0 Å². The first-order chi connectivity index (χ1) is 25.0. The van der Waals surface area contributed by atoms with Crippen LogP contribution in [0.5, 0.6) is 0 Å². The molecule has 2 aromatic rings. The molecule has 3 N–H and O–H groups in total. The number of ether oxygens (including phenoxy) is 5. The first kappa shape index (κ1) is 40.7. The van der Waals surface area contributed by atoms with Crippen molar-refractivity contribution in [3.05, 3.63) is 88.5 Å². The maximum Gasteiger partial charge on any atom is 0.422 e. The number of hydrogen-bond acceptors (Lipinski definition) is 11. The molecule has 1 heterocycles. The molecule has 0 radical (unpaired) electrons. The van der Waals surface area contributed by atoms with E-state index < -0.39 is 72.5 Å². The summed E-state index contributed by atoms with van der Waals surface area (Å²) in [6, 6.07) is 11.7. The zero-order valence-corrected chi connectivity index (χ0v) is 29.3. The minimum absolute atomic E-state index is 0.000611. The zero-order valence-electron chi connectivity index (χ0n) is 29.3. The predicted molar refractivity (Wildman–Crippen MR) is 181 cm³/mol. The van der Waals surface area contributed by atoms with Crippen molar-refractivity contribution in [2.75, 3.05) is 20.0 Å². The number of hydrogen-bond donors (Lipinski definition) is 3. The minimum Gasteiger partial charge on any atom is -0.460 e. The Hall–Kier alpha value is -5.06. The number of aliphatic hydroxyl groups excluding tert-OH is 1. The number of alkyl halides is 3. The summed E-state index contributed by atoms with van der Waals surface area (Å²) in [6.45, 7) is 3.00. The number of nitrogens with one attached hydrogen (secondary N) is 2. The monoisotopic (exact) mass is 746 g/mol. The van der Waals surface area contributed by atoms with Crippen molar-refractivity contribution >= 4 is 35.8 Å². The lowest BCUT2D eigenvalue weighted by molar-refractivity contribution is -0.182. The summed E-state index contributed by atoms with van der Waals surface area (Å²) in [4.78, 5) is 63.4. The molecule has 2 aromatic carbocycles. The van der Waals surface area contributed by atoms with Gasteiger partial charge >= 0.3 is 24.1 Å². The zero-order chi connectivity index (χ0) is 38.8. The fourth-order valence-electron chi connectivity index (χ4n) is 5.39. The second kappa shape index (κ2) is 18.1. The van der Waals surface area contributed by atoms with Gasteiger partial charge in [0.15, 0.2) is 6.61 Å². The van der Waals surface area contributed by atoms with E-state index in [0.717, 1.165) is 12.2 Å². The number of aliphatic hydroxyl groups is 1. The summed E-state index contributed by atoms with van der Waals surface area (Å²) in [6.07, 6.45) is -3.49. The van der Waals surface area contributed by atoms with Crippen LogP contribution in [0.4, 0.5) is 13.2 Å². The van der Waals surface area contributed by atoms with Gasteiger partial charge in [-0.2, -0.15) is 13.2 Å². The smallest absolute Gasteiger partial charge is 0.422 e. The van der Waals surface area contributed by atoms with Crippen molar-refractivity contribution in [3.8, 4) is 0 Å². The molecule has 0 unspecified atom stereocenters. The van der Waals surface area contributed by atoms with Gasteiger partial charge < -0.3 is 39.4 Å². The number of rotatable bonds is 14. The first-order valence-electron chi connectivity index (χ1n) is 16.7. The Morgan fingerprint density at radius 3 is 2.49 bits per heavy atom. The van der Waals surface area contributed by atoms with Gasteiger partial charge in [0.1, 0.15) is 30.7 Å². The number of carbonyl (C=O) groups is 5. The van der Waals surface area contributed by atoms with E-state index in [-0.39, 0.29) is 61.5 Å². The number of benzene rings is 2. The van der Waals surface area contributed by atoms with E-state index in [2.05, 4.69) is 15.4 Å². The lowest BCUT2D eigenvalue weighted by Crippen LogP contribution is -2.43. The molecular weight excluding hydrogens is 705 g/mol. The Labute approximate surface area is 303 Å². The molecule has 4 rings (SSSR count). The molecule has 1 aliphatic carbocycles. The molecular formula is C37H41F3N2O11. The Bertz CT molecular complexity index is 1720. The molecule has 286 valence electrons. The number of halogens is 3. The molecule has 2 amide bonds. The highest BCUT2D eigenvalue weighted by Gasteiger charge is 2.42. The van der Waals surface area contributed by atoms with Gasteiger partial charge in [-0.3, -0.25) is 14.4 Å². The third kappa shape index (κ3) is 12.8. The molecule has 1 saturated heterocycles. The van der Waals surface area contributed by atoms with Gasteiger partial charge in [0, 0.05) is 36.6 Å². The highest BCUT2D eigenvalue weighted by atomic mass is 19.4. The molecule has 16 heteroatoms. The van der Waals surface area contributed by atoms with Gasteiger partial charge in [0.25, 0.3) is 5.91 Å². The van der Waals surface area contributed by atoms with Crippen molar-refractivity contribution < 1.29 is 65.9 Å². The molecule has 0 spiro atoms. The van der Waals surface area contributed by atoms with Crippen LogP contribution in [0.2, 0.25) is 0 Å². The van der Waals surface area contributed by atoms with E-state index in [1.54, 1.807) is 57.2 Å². The lowest BCUT2D eigenvalue weighted by Gasteiger charge is -2.30. The molecule has 1 fully saturated rings. The van der Waals surface area contributed by atoms with E-state index in [1.165, 1.54) is 18.2 Å². The normalized spacial score (nSPS) is 19.1. The summed E-state index contributed by atoms with van der Waals surface area (Å²) in [5.74, 6) is -3.51. The van der Waals surface area contributed by atoms with Crippen LogP contribution >= 0.6 is 0 Å². The Morgan fingerprint density at radius 1 is 1.02 bits per heavy atom. The van der Waals surface area contributed by atoms with Gasteiger partial charge in [-0.1, -0.05) is 30.3 Å². The van der Waals surface area contributed by atoms with Gasteiger partial charge in [0.05, 0.1) is 18.2 Å². The van der Waals surface area contributed by atoms with Gasteiger partial charge in [-0.05, 0) is 68.7 Å². The van der Waals surface area contributed by atoms with Crippen LogP contribution in [0.25, 0.3) is 6.08 Å². The number of amides is 2. The lowest BCUT2D eigenvalue weighted by atomic mass is 9.91. The number of carbonyl (C=O) groups excluding carboxylic acids is 5. The fraction of sp³-hybridized carbons (Fsp3) is 0.432. The Morgan fingerprint density at radius 2 is 1.77 bits per heavy atom. The van der Waals surface area contributed by atoms with Crippen LogP contribution in [-0.4, -0.2) is 91.0 Å². The molecule has 1 aliphatic heterocycles. The molecule has 0 bridgehead atoms. The van der Waals surface area contributed by atoms with Crippen molar-refractivity contribution in [3.63, 3.8) is 0 Å². The fourth-order valence-corrected chi connectivity index (χ4v) is 5.39. The summed E-state index contributed by atoms with van der Waals surface area (Å²) in [7, 11) is 0. The van der Waals surface area contributed by atoms with Gasteiger partial charge in [-0.25, -0.2) is 9.59 Å². The van der Waals surface area contributed by atoms with Crippen molar-refractivity contribution in [1.82, 2.24) is 10.6 Å². The average Bonchev–Trinajstić information content (AvgIpc) is 3.59. The van der Waals surface area contributed by atoms with E-state index in [4.69, 9.17) is 18.9 Å². The third-order valence-electron chi connectivity index (χ3n) is 7.82. The van der Waals surface area contributed by atoms with E-state index >= 15 is 0 Å². The second-order valence-electron chi connectivity index (χ2n) is 13.2. The largest absolute Gasteiger partial charge is 0.460 e. The summed E-state index contributed by atoms with van der Waals surface area (Å²) in [5.41, 5.74) is 0.625. The van der Waals surface area contributed by atoms with Crippen LogP contribution in [-0.2, 0) is 44.6 Å². The average molecular weight is 747 g/mol. The van der Waals surface area contributed by atoms with E-state index in [9.17, 15) is 42.3 Å². The molecule has 13 nitrogen and oxygen atoms in total. The van der Waals surface area contributed by atoms with Crippen molar-refractivity contribution in [1.29, 1.82) is 0 Å². The standard InChI is InChI=1S/C37H41F3N2O11/c1-36(2,3)53-31(45)14-12-26(19-43)42-34(47)24-9-6-7-22(15-24)18-41-33(46)25-16-28-32(51-21-50-28)29(17-25)52-35(48)27-10-5-4-8-23(27)11-13-30(44)49-20-37(38,39)40/h4-11,13,15-16,26,28-29,32,43H,12,14,17-21H2,1-3H3,(H,41,46)(H,42,47)/t26-,28+,29+,32+/m0/s1. The van der Waals surface area contributed by atoms with Crippen LogP contribution in [0.1, 0.15) is 71.9 Å². The molecule has 0 aromatic heterocycles. The minimum atomic E-state index is -4.69. The van der Waals surface area contributed by atoms with Crippen LogP contribution < -0.4 is 10.6 Å². The Balaban J connectivity index is 1.35. The van der Waals surface area contributed by atoms with Crippen molar-refractivity contribution in [2.45, 2.75) is 82.7 Å². The van der Waals surface area contributed by atoms with Gasteiger partial charge in [-0.15, -0.1) is 0 Å². The van der Waals surface area contributed by atoms with Crippen molar-refractivity contribution in [2.24, 2.45) is 0 Å². The summed E-state index contributed by atoms with van der Waals surface area (Å²) >= 11 is 0. The predicted octanol–water partition coefficient (Wildman–Crippen LogP) is 3.93. The molecule has 4 atom stereocenters. The summed E-state index contributed by atoms with van der Waals surface area (Å²) in [5, 5.41) is 15.2. The number of fused-ring (bicyclic) bond motifs is 1.